The molecule has 0 bridgehead atoms. The van der Waals surface area contributed by atoms with Gasteiger partial charge in [-0.3, -0.25) is 0 Å². The van der Waals surface area contributed by atoms with Crippen LogP contribution in [-0.4, -0.2) is 29.3 Å². The highest BCUT2D eigenvalue weighted by molar-refractivity contribution is 5.78. The molecule has 1 aromatic carbocycles. The molecule has 0 radical (unpaired) electrons. The van der Waals surface area contributed by atoms with Crippen LogP contribution in [-0.2, 0) is 17.5 Å². The fourth-order valence-electron chi connectivity index (χ4n) is 2.16. The summed E-state index contributed by atoms with van der Waals surface area (Å²) in [6, 6.07) is 3.41. The average molecular weight is 301 g/mol. The second-order valence-electron chi connectivity index (χ2n) is 4.91. The quantitative estimate of drug-likeness (QED) is 0.864. The Balaban J connectivity index is 2.44. The number of ether oxygens (including phenoxy) is 1. The van der Waals surface area contributed by atoms with Gasteiger partial charge < -0.3 is 15.0 Å². The van der Waals surface area contributed by atoms with Crippen LogP contribution in [0.15, 0.2) is 12.1 Å². The summed E-state index contributed by atoms with van der Waals surface area (Å²) in [4.78, 5) is 3.74. The van der Waals surface area contributed by atoms with E-state index in [1.165, 1.54) is 0 Å². The summed E-state index contributed by atoms with van der Waals surface area (Å²) in [5.41, 5.74) is 7.96. The summed E-state index contributed by atoms with van der Waals surface area (Å²) < 4.78 is 45.7. The Morgan fingerprint density at radius 1 is 1.19 bits per heavy atom. The number of aryl methyl sites for hydroxylation is 2. The van der Waals surface area contributed by atoms with E-state index in [0.717, 1.165) is 15.7 Å². The number of hydrogen-bond donors (Lipinski definition) is 1. The Morgan fingerprint density at radius 2 is 1.86 bits per heavy atom. The van der Waals surface area contributed by atoms with E-state index in [2.05, 4.69) is 4.98 Å². The van der Waals surface area contributed by atoms with Gasteiger partial charge in [0.05, 0.1) is 24.2 Å². The van der Waals surface area contributed by atoms with Gasteiger partial charge in [-0.25, -0.2) is 4.98 Å². The number of rotatable bonds is 5. The third-order valence-corrected chi connectivity index (χ3v) is 3.34. The molecule has 2 aromatic rings. The number of nitrogens with zero attached hydrogens (tertiary/aromatic N) is 2. The van der Waals surface area contributed by atoms with Gasteiger partial charge in [-0.05, 0) is 37.1 Å². The first-order valence-corrected chi connectivity index (χ1v) is 6.67. The summed E-state index contributed by atoms with van der Waals surface area (Å²) in [6.07, 6.45) is -4.49. The monoisotopic (exact) mass is 301 g/mol. The molecule has 0 unspecified atom stereocenters. The van der Waals surface area contributed by atoms with Gasteiger partial charge in [0.15, 0.2) is 0 Å². The Labute approximate surface area is 120 Å². The number of hydrogen-bond acceptors (Lipinski definition) is 3. The maximum Gasteiger partial charge on any atom is 0.449 e. The number of alkyl halides is 3. The molecule has 2 rings (SSSR count). The van der Waals surface area contributed by atoms with Crippen molar-refractivity contribution < 1.29 is 17.9 Å². The molecule has 0 aliphatic carbocycles. The van der Waals surface area contributed by atoms with Crippen LogP contribution in [0.3, 0.4) is 0 Å². The van der Waals surface area contributed by atoms with Gasteiger partial charge in [0.25, 0.3) is 0 Å². The van der Waals surface area contributed by atoms with E-state index in [4.69, 9.17) is 10.5 Å². The standard InChI is InChI=1S/C14H18F3N3O/c1-9-7-11-12(8-10(9)2)20(4-6-21-5-3-18)13(19-11)14(15,16)17/h7-8H,3-6,18H2,1-2H3. The lowest BCUT2D eigenvalue weighted by atomic mass is 10.1. The number of fused-ring (bicyclic) bond motifs is 1. The molecule has 0 saturated heterocycles. The van der Waals surface area contributed by atoms with E-state index in [1.54, 1.807) is 12.1 Å². The molecule has 0 aliphatic heterocycles. The fourth-order valence-corrected chi connectivity index (χ4v) is 2.16. The Bertz CT molecular complexity index is 634. The molecule has 2 N–H and O–H groups in total. The van der Waals surface area contributed by atoms with Gasteiger partial charge in [-0.15, -0.1) is 0 Å². The molecular weight excluding hydrogens is 283 g/mol. The van der Waals surface area contributed by atoms with Gasteiger partial charge in [0.2, 0.25) is 5.82 Å². The molecule has 0 amide bonds. The largest absolute Gasteiger partial charge is 0.449 e. The van der Waals surface area contributed by atoms with Crippen molar-refractivity contribution in [3.8, 4) is 0 Å². The molecule has 0 spiro atoms. The van der Waals surface area contributed by atoms with Crippen LogP contribution in [0.1, 0.15) is 17.0 Å². The van der Waals surface area contributed by atoms with Gasteiger partial charge in [-0.2, -0.15) is 13.2 Å². The molecule has 0 fully saturated rings. The maximum absolute atomic E-state index is 13.1. The zero-order valence-electron chi connectivity index (χ0n) is 12.0. The molecule has 7 heteroatoms. The van der Waals surface area contributed by atoms with Crippen molar-refractivity contribution in [2.24, 2.45) is 5.73 Å². The van der Waals surface area contributed by atoms with Crippen LogP contribution in [0.2, 0.25) is 0 Å². The summed E-state index contributed by atoms with van der Waals surface area (Å²) in [5, 5.41) is 0. The Hall–Kier alpha value is -1.60. The Kier molecular flexibility index (Phi) is 4.53. The van der Waals surface area contributed by atoms with Crippen molar-refractivity contribution in [2.75, 3.05) is 19.8 Å². The van der Waals surface area contributed by atoms with E-state index in [9.17, 15) is 13.2 Å². The number of aromatic nitrogens is 2. The predicted molar refractivity (Wildman–Crippen MR) is 74.1 cm³/mol. The zero-order chi connectivity index (χ0) is 15.6. The maximum atomic E-state index is 13.1. The summed E-state index contributed by atoms with van der Waals surface area (Å²) >= 11 is 0. The second-order valence-corrected chi connectivity index (χ2v) is 4.91. The molecule has 0 atom stereocenters. The minimum Gasteiger partial charge on any atom is -0.378 e. The first kappa shape index (κ1) is 15.8. The SMILES string of the molecule is Cc1cc2nc(C(F)(F)F)n(CCOCCN)c2cc1C. The number of halogens is 3. The minimum absolute atomic E-state index is 0.0911. The third-order valence-electron chi connectivity index (χ3n) is 3.34. The minimum atomic E-state index is -4.49. The van der Waals surface area contributed by atoms with Crippen LogP contribution >= 0.6 is 0 Å². The highest BCUT2D eigenvalue weighted by Gasteiger charge is 2.37. The lowest BCUT2D eigenvalue weighted by molar-refractivity contribution is -0.147. The third kappa shape index (κ3) is 3.36. The van der Waals surface area contributed by atoms with Gasteiger partial charge >= 0.3 is 6.18 Å². The van der Waals surface area contributed by atoms with E-state index in [1.807, 2.05) is 13.8 Å². The van der Waals surface area contributed by atoms with E-state index in [0.29, 0.717) is 24.2 Å². The van der Waals surface area contributed by atoms with Crippen molar-refractivity contribution in [3.63, 3.8) is 0 Å². The number of imidazole rings is 1. The van der Waals surface area contributed by atoms with E-state index >= 15 is 0 Å². The number of benzene rings is 1. The molecule has 4 nitrogen and oxygen atoms in total. The van der Waals surface area contributed by atoms with Crippen LogP contribution in [0.25, 0.3) is 11.0 Å². The van der Waals surface area contributed by atoms with Gasteiger partial charge in [0, 0.05) is 13.1 Å². The van der Waals surface area contributed by atoms with Crippen molar-refractivity contribution in [2.45, 2.75) is 26.6 Å². The lowest BCUT2D eigenvalue weighted by Gasteiger charge is -2.12. The molecule has 116 valence electrons. The highest BCUT2D eigenvalue weighted by Crippen LogP contribution is 2.32. The van der Waals surface area contributed by atoms with Crippen LogP contribution in [0.5, 0.6) is 0 Å². The number of nitrogens with two attached hydrogens (primary N) is 1. The van der Waals surface area contributed by atoms with Gasteiger partial charge in [0.1, 0.15) is 0 Å². The first-order chi connectivity index (χ1) is 9.84. The summed E-state index contributed by atoms with van der Waals surface area (Å²) in [6.45, 7) is 4.64. The molecular formula is C14H18F3N3O. The second kappa shape index (κ2) is 6.03. The van der Waals surface area contributed by atoms with Crippen molar-refractivity contribution >= 4 is 11.0 Å². The van der Waals surface area contributed by atoms with Crippen molar-refractivity contribution in [3.05, 3.63) is 29.1 Å². The fraction of sp³-hybridized carbons (Fsp3) is 0.500. The van der Waals surface area contributed by atoms with Crippen LogP contribution < -0.4 is 5.73 Å². The van der Waals surface area contributed by atoms with Crippen LogP contribution in [0.4, 0.5) is 13.2 Å². The predicted octanol–water partition coefficient (Wildman–Crippen LogP) is 2.65. The average Bonchev–Trinajstić information content (AvgIpc) is 2.73. The lowest BCUT2D eigenvalue weighted by Crippen LogP contribution is -2.18. The summed E-state index contributed by atoms with van der Waals surface area (Å²) in [5.74, 6) is -0.890. The van der Waals surface area contributed by atoms with Crippen molar-refractivity contribution in [1.82, 2.24) is 9.55 Å². The topological polar surface area (TPSA) is 53.1 Å². The molecule has 1 aromatic heterocycles. The smallest absolute Gasteiger partial charge is 0.378 e. The molecule has 21 heavy (non-hydrogen) atoms. The Morgan fingerprint density at radius 3 is 2.48 bits per heavy atom. The molecule has 0 aliphatic rings. The van der Waals surface area contributed by atoms with Gasteiger partial charge in [-0.1, -0.05) is 0 Å². The van der Waals surface area contributed by atoms with E-state index in [-0.39, 0.29) is 13.2 Å². The highest BCUT2D eigenvalue weighted by atomic mass is 19.4. The van der Waals surface area contributed by atoms with E-state index < -0.39 is 12.0 Å². The molecule has 1 heterocycles. The normalized spacial score (nSPS) is 12.3. The van der Waals surface area contributed by atoms with Crippen molar-refractivity contribution in [1.29, 1.82) is 0 Å². The van der Waals surface area contributed by atoms with Crippen LogP contribution in [0, 0.1) is 13.8 Å². The zero-order valence-corrected chi connectivity index (χ0v) is 12.0. The first-order valence-electron chi connectivity index (χ1n) is 6.67. The molecule has 0 saturated carbocycles. The summed E-state index contributed by atoms with van der Waals surface area (Å²) in [7, 11) is 0.